The van der Waals surface area contributed by atoms with Crippen molar-refractivity contribution in [2.45, 2.75) is 20.3 Å². The molecule has 1 unspecified atom stereocenters. The highest BCUT2D eigenvalue weighted by Crippen LogP contribution is 2.14. The Kier molecular flexibility index (Phi) is 5.25. The highest BCUT2D eigenvalue weighted by atomic mass is 16.5. The van der Waals surface area contributed by atoms with Crippen molar-refractivity contribution < 1.29 is 14.3 Å². The third kappa shape index (κ3) is 3.81. The van der Waals surface area contributed by atoms with E-state index in [1.165, 1.54) is 0 Å². The van der Waals surface area contributed by atoms with Crippen molar-refractivity contribution in [3.05, 3.63) is 0 Å². The Balaban J connectivity index is 2.20. The van der Waals surface area contributed by atoms with E-state index in [1.807, 2.05) is 0 Å². The highest BCUT2D eigenvalue weighted by Gasteiger charge is 2.23. The molecule has 1 aliphatic heterocycles. The number of hydrogen-bond acceptors (Lipinski definition) is 4. The molecule has 92 valence electrons. The fourth-order valence-corrected chi connectivity index (χ4v) is 1.87. The van der Waals surface area contributed by atoms with Crippen LogP contribution < -0.4 is 5.32 Å². The molecule has 1 amide bonds. The zero-order valence-corrected chi connectivity index (χ0v) is 9.99. The standard InChI is InChI=1S/C11H20N2O3/c1-3-13-6-5-9(8-13)7-12-10(14)11(15)16-4-2/h9H,3-8H2,1-2H3,(H,12,14). The summed E-state index contributed by atoms with van der Waals surface area (Å²) in [6, 6.07) is 0. The van der Waals surface area contributed by atoms with Gasteiger partial charge in [-0.3, -0.25) is 4.79 Å². The van der Waals surface area contributed by atoms with Crippen LogP contribution in [-0.4, -0.2) is 49.6 Å². The Morgan fingerprint density at radius 3 is 2.75 bits per heavy atom. The molecule has 0 radical (unpaired) electrons. The van der Waals surface area contributed by atoms with Gasteiger partial charge >= 0.3 is 11.9 Å². The molecule has 0 spiro atoms. The van der Waals surface area contributed by atoms with E-state index in [0.29, 0.717) is 12.5 Å². The van der Waals surface area contributed by atoms with Gasteiger partial charge in [0.05, 0.1) is 6.61 Å². The molecule has 1 N–H and O–H groups in total. The number of hydrogen-bond donors (Lipinski definition) is 1. The lowest BCUT2D eigenvalue weighted by molar-refractivity contribution is -0.154. The second-order valence-electron chi connectivity index (χ2n) is 3.98. The summed E-state index contributed by atoms with van der Waals surface area (Å²) in [5.41, 5.74) is 0. The van der Waals surface area contributed by atoms with Crippen LogP contribution in [0.5, 0.6) is 0 Å². The summed E-state index contributed by atoms with van der Waals surface area (Å²) in [7, 11) is 0. The molecule has 0 aromatic rings. The highest BCUT2D eigenvalue weighted by molar-refractivity contribution is 6.32. The Hall–Kier alpha value is -1.10. The second-order valence-corrected chi connectivity index (χ2v) is 3.98. The molecule has 1 saturated heterocycles. The van der Waals surface area contributed by atoms with Crippen molar-refractivity contribution in [2.24, 2.45) is 5.92 Å². The third-order valence-corrected chi connectivity index (χ3v) is 2.83. The molecule has 1 atom stereocenters. The monoisotopic (exact) mass is 228 g/mol. The van der Waals surface area contributed by atoms with E-state index in [-0.39, 0.29) is 6.61 Å². The lowest BCUT2D eigenvalue weighted by atomic mass is 10.1. The predicted octanol–water partition coefficient (Wildman–Crippen LogP) is 0.00750. The molecule has 0 aliphatic carbocycles. The van der Waals surface area contributed by atoms with Gasteiger partial charge in [-0.05, 0) is 32.4 Å². The maximum Gasteiger partial charge on any atom is 0.396 e. The molecule has 0 aromatic carbocycles. The van der Waals surface area contributed by atoms with E-state index in [4.69, 9.17) is 0 Å². The number of nitrogens with one attached hydrogen (secondary N) is 1. The Morgan fingerprint density at radius 1 is 1.44 bits per heavy atom. The molecule has 16 heavy (non-hydrogen) atoms. The smallest absolute Gasteiger partial charge is 0.396 e. The fraction of sp³-hybridized carbons (Fsp3) is 0.818. The van der Waals surface area contributed by atoms with Crippen molar-refractivity contribution in [3.8, 4) is 0 Å². The van der Waals surface area contributed by atoms with Crippen LogP contribution in [0.25, 0.3) is 0 Å². The topological polar surface area (TPSA) is 58.6 Å². The molecule has 1 aliphatic rings. The number of carbonyl (C=O) groups excluding carboxylic acids is 2. The minimum atomic E-state index is -0.784. The van der Waals surface area contributed by atoms with Gasteiger partial charge in [0.15, 0.2) is 0 Å². The van der Waals surface area contributed by atoms with Crippen molar-refractivity contribution in [3.63, 3.8) is 0 Å². The van der Waals surface area contributed by atoms with E-state index in [0.717, 1.165) is 26.1 Å². The molecule has 0 aromatic heterocycles. The van der Waals surface area contributed by atoms with Gasteiger partial charge in [-0.15, -0.1) is 0 Å². The Morgan fingerprint density at radius 2 is 2.19 bits per heavy atom. The average molecular weight is 228 g/mol. The van der Waals surface area contributed by atoms with E-state index in [9.17, 15) is 9.59 Å². The number of carbonyl (C=O) groups is 2. The van der Waals surface area contributed by atoms with Crippen LogP contribution in [0.4, 0.5) is 0 Å². The zero-order valence-electron chi connectivity index (χ0n) is 9.99. The molecule has 1 fully saturated rings. The van der Waals surface area contributed by atoms with Crippen molar-refractivity contribution in [2.75, 3.05) is 32.8 Å². The van der Waals surface area contributed by atoms with Crippen molar-refractivity contribution in [1.29, 1.82) is 0 Å². The van der Waals surface area contributed by atoms with Gasteiger partial charge in [-0.25, -0.2) is 4.79 Å². The number of nitrogens with zero attached hydrogens (tertiary/aromatic N) is 1. The van der Waals surface area contributed by atoms with E-state index >= 15 is 0 Å². The number of ether oxygens (including phenoxy) is 1. The van der Waals surface area contributed by atoms with Crippen molar-refractivity contribution in [1.82, 2.24) is 10.2 Å². The van der Waals surface area contributed by atoms with Gasteiger partial charge < -0.3 is 15.0 Å². The van der Waals surface area contributed by atoms with E-state index in [1.54, 1.807) is 6.92 Å². The second kappa shape index (κ2) is 6.48. The Bertz CT molecular complexity index is 256. The van der Waals surface area contributed by atoms with Gasteiger partial charge in [0, 0.05) is 13.1 Å². The van der Waals surface area contributed by atoms with E-state index < -0.39 is 11.9 Å². The average Bonchev–Trinajstić information content (AvgIpc) is 2.74. The van der Waals surface area contributed by atoms with Gasteiger partial charge in [0.1, 0.15) is 0 Å². The van der Waals surface area contributed by atoms with Crippen LogP contribution in [0.3, 0.4) is 0 Å². The van der Waals surface area contributed by atoms with Crippen molar-refractivity contribution >= 4 is 11.9 Å². The lowest BCUT2D eigenvalue weighted by Crippen LogP contribution is -2.36. The number of likely N-dealkylation sites (tertiary alicyclic amines) is 1. The Labute approximate surface area is 96.1 Å². The quantitative estimate of drug-likeness (QED) is 0.544. The normalized spacial score (nSPS) is 20.8. The van der Waals surface area contributed by atoms with Gasteiger partial charge in [0.2, 0.25) is 0 Å². The number of rotatable bonds is 4. The molecule has 5 nitrogen and oxygen atoms in total. The first-order chi connectivity index (χ1) is 7.67. The third-order valence-electron chi connectivity index (χ3n) is 2.83. The summed E-state index contributed by atoms with van der Waals surface area (Å²) in [5, 5.41) is 2.61. The maximum absolute atomic E-state index is 11.2. The molecule has 5 heteroatoms. The van der Waals surface area contributed by atoms with Gasteiger partial charge in [-0.1, -0.05) is 6.92 Å². The maximum atomic E-state index is 11.2. The SMILES string of the molecule is CCOC(=O)C(=O)NCC1CCN(CC)C1. The molecular weight excluding hydrogens is 208 g/mol. The van der Waals surface area contributed by atoms with E-state index in [2.05, 4.69) is 21.9 Å². The first-order valence-electron chi connectivity index (χ1n) is 5.84. The minimum absolute atomic E-state index is 0.235. The first kappa shape index (κ1) is 13.0. The number of amides is 1. The minimum Gasteiger partial charge on any atom is -0.459 e. The summed E-state index contributed by atoms with van der Waals surface area (Å²) < 4.78 is 4.60. The summed E-state index contributed by atoms with van der Waals surface area (Å²) in [5.74, 6) is -0.956. The van der Waals surface area contributed by atoms with Crippen LogP contribution in [-0.2, 0) is 14.3 Å². The summed E-state index contributed by atoms with van der Waals surface area (Å²) in [4.78, 5) is 24.6. The number of esters is 1. The summed E-state index contributed by atoms with van der Waals surface area (Å²) >= 11 is 0. The molecular formula is C11H20N2O3. The van der Waals surface area contributed by atoms with Crippen LogP contribution in [0.15, 0.2) is 0 Å². The van der Waals surface area contributed by atoms with Crippen LogP contribution in [0.1, 0.15) is 20.3 Å². The molecule has 0 saturated carbocycles. The zero-order chi connectivity index (χ0) is 12.0. The van der Waals surface area contributed by atoms with Crippen LogP contribution >= 0.6 is 0 Å². The largest absolute Gasteiger partial charge is 0.459 e. The molecule has 1 heterocycles. The molecule has 0 bridgehead atoms. The summed E-state index contributed by atoms with van der Waals surface area (Å²) in [6.45, 7) is 7.73. The van der Waals surface area contributed by atoms with Crippen LogP contribution in [0.2, 0.25) is 0 Å². The first-order valence-corrected chi connectivity index (χ1v) is 5.84. The van der Waals surface area contributed by atoms with Gasteiger partial charge in [0.25, 0.3) is 0 Å². The van der Waals surface area contributed by atoms with Crippen LogP contribution in [0, 0.1) is 5.92 Å². The summed E-state index contributed by atoms with van der Waals surface area (Å²) in [6.07, 6.45) is 1.08. The molecule has 1 rings (SSSR count). The lowest BCUT2D eigenvalue weighted by Gasteiger charge is -2.13. The predicted molar refractivity (Wildman–Crippen MR) is 59.9 cm³/mol. The van der Waals surface area contributed by atoms with Gasteiger partial charge in [-0.2, -0.15) is 0 Å². The fourth-order valence-electron chi connectivity index (χ4n) is 1.87.